The molecular weight excluding hydrogens is 366 g/mol. The van der Waals surface area contributed by atoms with Gasteiger partial charge in [0.2, 0.25) is 0 Å². The van der Waals surface area contributed by atoms with E-state index in [0.29, 0.717) is 6.04 Å². The van der Waals surface area contributed by atoms with Crippen LogP contribution in [0, 0.1) is 6.92 Å². The molecule has 0 spiro atoms. The highest BCUT2D eigenvalue weighted by molar-refractivity contribution is 5.78. The molecule has 3 nitrogen and oxygen atoms in total. The SMILES string of the molecule is Cc1ccc(C(=CCN2CCCC2)c2cccc(C=CCNC3CCCC3)n2)cc1. The van der Waals surface area contributed by atoms with Gasteiger partial charge in [0.1, 0.15) is 0 Å². The smallest absolute Gasteiger partial charge is 0.0712 e. The Labute approximate surface area is 181 Å². The van der Waals surface area contributed by atoms with Crippen molar-refractivity contribution >= 4 is 11.6 Å². The average molecular weight is 402 g/mol. The van der Waals surface area contributed by atoms with Crippen LogP contribution in [0.2, 0.25) is 0 Å². The molecule has 0 unspecified atom stereocenters. The van der Waals surface area contributed by atoms with Crippen LogP contribution in [-0.2, 0) is 0 Å². The van der Waals surface area contributed by atoms with E-state index in [4.69, 9.17) is 4.98 Å². The molecule has 3 heteroatoms. The van der Waals surface area contributed by atoms with Gasteiger partial charge in [-0.2, -0.15) is 0 Å². The molecule has 0 bridgehead atoms. The zero-order valence-corrected chi connectivity index (χ0v) is 18.3. The van der Waals surface area contributed by atoms with Crippen LogP contribution < -0.4 is 5.32 Å². The summed E-state index contributed by atoms with van der Waals surface area (Å²) >= 11 is 0. The molecule has 1 N–H and O–H groups in total. The number of hydrogen-bond donors (Lipinski definition) is 1. The Bertz CT molecular complexity index is 854. The molecule has 30 heavy (non-hydrogen) atoms. The van der Waals surface area contributed by atoms with E-state index in [9.17, 15) is 0 Å². The molecule has 0 amide bonds. The molecule has 2 aromatic rings. The third-order valence-electron chi connectivity index (χ3n) is 6.33. The van der Waals surface area contributed by atoms with Crippen molar-refractivity contribution in [2.45, 2.75) is 51.5 Å². The summed E-state index contributed by atoms with van der Waals surface area (Å²) in [6, 6.07) is 15.9. The van der Waals surface area contributed by atoms with Gasteiger partial charge >= 0.3 is 0 Å². The number of hydrogen-bond acceptors (Lipinski definition) is 3. The Kier molecular flexibility index (Phi) is 7.49. The maximum absolute atomic E-state index is 4.99. The van der Waals surface area contributed by atoms with E-state index >= 15 is 0 Å². The summed E-state index contributed by atoms with van der Waals surface area (Å²) in [6.45, 7) is 6.48. The van der Waals surface area contributed by atoms with Crippen LogP contribution in [0.4, 0.5) is 0 Å². The number of aryl methyl sites for hydroxylation is 1. The maximum Gasteiger partial charge on any atom is 0.0712 e. The first-order valence-electron chi connectivity index (χ1n) is 11.6. The number of nitrogens with zero attached hydrogens (tertiary/aromatic N) is 2. The molecule has 1 aromatic carbocycles. The van der Waals surface area contributed by atoms with E-state index < -0.39 is 0 Å². The predicted octanol–water partition coefficient (Wildman–Crippen LogP) is 5.46. The summed E-state index contributed by atoms with van der Waals surface area (Å²) in [6.07, 6.45) is 14.8. The van der Waals surface area contributed by atoms with Gasteiger partial charge in [0, 0.05) is 24.7 Å². The number of likely N-dealkylation sites (tertiary alicyclic amines) is 1. The van der Waals surface area contributed by atoms with Crippen LogP contribution in [0.5, 0.6) is 0 Å². The van der Waals surface area contributed by atoms with E-state index in [1.165, 1.54) is 68.3 Å². The van der Waals surface area contributed by atoms with Crippen LogP contribution in [0.1, 0.15) is 61.0 Å². The first-order chi connectivity index (χ1) is 14.8. The van der Waals surface area contributed by atoms with Gasteiger partial charge in [-0.05, 0) is 69.5 Å². The second-order valence-electron chi connectivity index (χ2n) is 8.73. The molecule has 1 saturated carbocycles. The van der Waals surface area contributed by atoms with Crippen LogP contribution in [0.15, 0.2) is 54.6 Å². The molecule has 2 aliphatic rings. The highest BCUT2D eigenvalue weighted by Crippen LogP contribution is 2.24. The Hall–Kier alpha value is -2.23. The maximum atomic E-state index is 4.99. The van der Waals surface area contributed by atoms with Crippen molar-refractivity contribution in [1.82, 2.24) is 15.2 Å². The fraction of sp³-hybridized carbons (Fsp3) is 0.444. The van der Waals surface area contributed by atoms with Gasteiger partial charge in [-0.25, -0.2) is 4.98 Å². The third kappa shape index (κ3) is 5.90. The van der Waals surface area contributed by atoms with Crippen LogP contribution in [0.3, 0.4) is 0 Å². The zero-order chi connectivity index (χ0) is 20.6. The summed E-state index contributed by atoms with van der Waals surface area (Å²) in [5.74, 6) is 0. The summed E-state index contributed by atoms with van der Waals surface area (Å²) < 4.78 is 0. The van der Waals surface area contributed by atoms with Gasteiger partial charge in [0.15, 0.2) is 0 Å². The lowest BCUT2D eigenvalue weighted by atomic mass is 10.00. The normalized spacial score (nSPS) is 18.6. The molecule has 2 heterocycles. The molecule has 158 valence electrons. The minimum atomic E-state index is 0.704. The zero-order valence-electron chi connectivity index (χ0n) is 18.3. The van der Waals surface area contributed by atoms with E-state index in [2.05, 4.69) is 77.8 Å². The third-order valence-corrected chi connectivity index (χ3v) is 6.33. The van der Waals surface area contributed by atoms with Crippen molar-refractivity contribution in [3.05, 3.63) is 77.1 Å². The van der Waals surface area contributed by atoms with Crippen LogP contribution in [-0.4, -0.2) is 42.1 Å². The van der Waals surface area contributed by atoms with Gasteiger partial charge in [0.25, 0.3) is 0 Å². The Morgan fingerprint density at radius 2 is 1.80 bits per heavy atom. The Balaban J connectivity index is 1.49. The molecule has 0 radical (unpaired) electrons. The molecule has 1 aromatic heterocycles. The minimum Gasteiger partial charge on any atom is -0.311 e. The molecular formula is C27H35N3. The van der Waals surface area contributed by atoms with Crippen molar-refractivity contribution in [3.8, 4) is 0 Å². The first-order valence-corrected chi connectivity index (χ1v) is 11.6. The Morgan fingerprint density at radius 1 is 1.03 bits per heavy atom. The van der Waals surface area contributed by atoms with E-state index in [-0.39, 0.29) is 0 Å². The molecule has 2 fully saturated rings. The van der Waals surface area contributed by atoms with Gasteiger partial charge in [-0.15, -0.1) is 0 Å². The predicted molar refractivity (Wildman–Crippen MR) is 127 cm³/mol. The van der Waals surface area contributed by atoms with Crippen molar-refractivity contribution in [1.29, 1.82) is 0 Å². The second kappa shape index (κ2) is 10.7. The lowest BCUT2D eigenvalue weighted by Crippen LogP contribution is -2.25. The standard InChI is InChI=1S/C27H35N3/c1-22-13-15-23(16-14-22)26(17-21-30-19-4-5-20-30)27-12-6-10-25(29-27)11-7-18-28-24-8-2-3-9-24/h6-7,10-17,24,28H,2-5,8-9,18-21H2,1H3. The fourth-order valence-corrected chi connectivity index (χ4v) is 4.53. The van der Waals surface area contributed by atoms with Crippen molar-refractivity contribution in [3.63, 3.8) is 0 Å². The molecule has 0 atom stereocenters. The second-order valence-corrected chi connectivity index (χ2v) is 8.73. The minimum absolute atomic E-state index is 0.704. The van der Waals surface area contributed by atoms with Crippen molar-refractivity contribution < 1.29 is 0 Å². The molecule has 1 aliphatic carbocycles. The number of benzene rings is 1. The summed E-state index contributed by atoms with van der Waals surface area (Å²) in [7, 11) is 0. The van der Waals surface area contributed by atoms with Crippen molar-refractivity contribution in [2.24, 2.45) is 0 Å². The van der Waals surface area contributed by atoms with E-state index in [1.54, 1.807) is 0 Å². The van der Waals surface area contributed by atoms with Crippen molar-refractivity contribution in [2.75, 3.05) is 26.2 Å². The quantitative estimate of drug-likeness (QED) is 0.636. The summed E-state index contributed by atoms with van der Waals surface area (Å²) in [4.78, 5) is 7.52. The molecule has 1 aliphatic heterocycles. The number of rotatable bonds is 8. The Morgan fingerprint density at radius 3 is 2.57 bits per heavy atom. The van der Waals surface area contributed by atoms with Crippen LogP contribution >= 0.6 is 0 Å². The average Bonchev–Trinajstić information content (AvgIpc) is 3.47. The first kappa shape index (κ1) is 21.0. The lowest BCUT2D eigenvalue weighted by molar-refractivity contribution is 0.377. The van der Waals surface area contributed by atoms with Gasteiger partial charge in [-0.3, -0.25) is 4.90 Å². The van der Waals surface area contributed by atoms with Crippen LogP contribution in [0.25, 0.3) is 11.6 Å². The summed E-state index contributed by atoms with van der Waals surface area (Å²) in [5.41, 5.74) is 5.86. The highest BCUT2D eigenvalue weighted by atomic mass is 15.1. The summed E-state index contributed by atoms with van der Waals surface area (Å²) in [5, 5.41) is 3.64. The highest BCUT2D eigenvalue weighted by Gasteiger charge is 2.13. The fourth-order valence-electron chi connectivity index (χ4n) is 4.53. The number of pyridine rings is 1. The monoisotopic (exact) mass is 401 g/mol. The van der Waals surface area contributed by atoms with Gasteiger partial charge in [-0.1, -0.05) is 60.9 Å². The topological polar surface area (TPSA) is 28.2 Å². The number of aromatic nitrogens is 1. The lowest BCUT2D eigenvalue weighted by Gasteiger charge is -2.14. The van der Waals surface area contributed by atoms with Gasteiger partial charge < -0.3 is 5.32 Å². The van der Waals surface area contributed by atoms with E-state index in [1.807, 2.05) is 0 Å². The molecule has 4 rings (SSSR count). The van der Waals surface area contributed by atoms with Gasteiger partial charge in [0.05, 0.1) is 11.4 Å². The number of nitrogens with one attached hydrogen (secondary N) is 1. The van der Waals surface area contributed by atoms with E-state index in [0.717, 1.165) is 24.5 Å². The molecule has 1 saturated heterocycles. The largest absolute Gasteiger partial charge is 0.311 e.